The van der Waals surface area contributed by atoms with Gasteiger partial charge in [-0.1, -0.05) is 17.7 Å². The Morgan fingerprint density at radius 2 is 1.90 bits per heavy atom. The molecule has 0 radical (unpaired) electrons. The Balaban J connectivity index is 2.13. The molecule has 0 saturated heterocycles. The fraction of sp³-hybridized carbons (Fsp3) is 0.231. The van der Waals surface area contributed by atoms with Crippen LogP contribution in [0, 0.1) is 13.8 Å². The molecule has 106 valence electrons. The summed E-state index contributed by atoms with van der Waals surface area (Å²) in [4.78, 5) is 2.37. The smallest absolute Gasteiger partial charge is 0.275 e. The molecular weight excluding hydrogens is 276 g/mol. The molecule has 20 heavy (non-hydrogen) atoms. The molecule has 7 heteroatoms. The van der Waals surface area contributed by atoms with E-state index in [0.29, 0.717) is 0 Å². The quantitative estimate of drug-likeness (QED) is 0.682. The molecule has 0 atom stereocenters. The molecule has 0 unspecified atom stereocenters. The van der Waals surface area contributed by atoms with Gasteiger partial charge in [0.15, 0.2) is 0 Å². The molecule has 2 rings (SSSR count). The topological polar surface area (TPSA) is 76.3 Å². The normalized spacial score (nSPS) is 11.9. The number of benzene rings is 1. The molecular formula is C13H16N4O2S. The maximum Gasteiger partial charge on any atom is 0.276 e. The van der Waals surface area contributed by atoms with Crippen molar-refractivity contribution in [2.45, 2.75) is 18.7 Å². The zero-order chi connectivity index (χ0) is 14.8. The number of hydrogen-bond acceptors (Lipinski definition) is 4. The van der Waals surface area contributed by atoms with Gasteiger partial charge in [0.1, 0.15) is 0 Å². The number of hydrogen-bond donors (Lipinski definition) is 1. The van der Waals surface area contributed by atoms with Crippen LogP contribution in [0.15, 0.2) is 40.5 Å². The highest BCUT2D eigenvalue weighted by atomic mass is 32.2. The lowest BCUT2D eigenvalue weighted by Crippen LogP contribution is -2.18. The minimum atomic E-state index is -3.63. The van der Waals surface area contributed by atoms with E-state index in [4.69, 9.17) is 0 Å². The van der Waals surface area contributed by atoms with Crippen LogP contribution in [0.25, 0.3) is 0 Å². The number of hydrazone groups is 1. The van der Waals surface area contributed by atoms with Crippen LogP contribution in [0.5, 0.6) is 0 Å². The number of nitrogens with zero attached hydrogens (tertiary/aromatic N) is 3. The molecule has 0 saturated carbocycles. The van der Waals surface area contributed by atoms with Crippen molar-refractivity contribution in [1.82, 2.24) is 14.6 Å². The summed E-state index contributed by atoms with van der Waals surface area (Å²) in [5.74, 6) is 0. The number of nitrogens with one attached hydrogen (secondary N) is 1. The van der Waals surface area contributed by atoms with Crippen molar-refractivity contribution in [2.75, 3.05) is 0 Å². The average Bonchev–Trinajstić information content (AvgIpc) is 2.68. The zero-order valence-corrected chi connectivity index (χ0v) is 12.3. The lowest BCUT2D eigenvalue weighted by atomic mass is 10.2. The van der Waals surface area contributed by atoms with Gasteiger partial charge in [0, 0.05) is 18.8 Å². The molecule has 1 N–H and O–H groups in total. The fourth-order valence-corrected chi connectivity index (χ4v) is 2.47. The Hall–Kier alpha value is -2.15. The molecule has 2 aromatic rings. The summed E-state index contributed by atoms with van der Waals surface area (Å²) >= 11 is 0. The molecule has 0 aliphatic rings. The van der Waals surface area contributed by atoms with Gasteiger partial charge in [0.25, 0.3) is 10.0 Å². The first-order valence-corrected chi connectivity index (χ1v) is 7.48. The Morgan fingerprint density at radius 1 is 1.25 bits per heavy atom. The van der Waals surface area contributed by atoms with Crippen LogP contribution in [-0.2, 0) is 17.1 Å². The monoisotopic (exact) mass is 292 g/mol. The first kappa shape index (κ1) is 14.3. The standard InChI is InChI=1S/C13H16N4O2S/c1-10-4-6-13(7-5-10)20(18,19)16-14-8-12-9-17(3)15-11(12)2/h4-9,16H,1-3H3. The van der Waals surface area contributed by atoms with Crippen LogP contribution >= 0.6 is 0 Å². The van der Waals surface area contributed by atoms with E-state index in [-0.39, 0.29) is 4.90 Å². The van der Waals surface area contributed by atoms with Gasteiger partial charge >= 0.3 is 0 Å². The Kier molecular flexibility index (Phi) is 3.89. The number of sulfonamides is 1. The van der Waals surface area contributed by atoms with Crippen molar-refractivity contribution in [2.24, 2.45) is 12.1 Å². The van der Waals surface area contributed by atoms with E-state index in [1.54, 1.807) is 42.2 Å². The van der Waals surface area contributed by atoms with Gasteiger partial charge in [-0.2, -0.15) is 18.6 Å². The van der Waals surface area contributed by atoms with Crippen molar-refractivity contribution in [3.63, 3.8) is 0 Å². The second kappa shape index (κ2) is 5.46. The van der Waals surface area contributed by atoms with E-state index in [9.17, 15) is 8.42 Å². The van der Waals surface area contributed by atoms with E-state index < -0.39 is 10.0 Å². The van der Waals surface area contributed by atoms with E-state index in [1.807, 2.05) is 13.8 Å². The maximum atomic E-state index is 12.0. The van der Waals surface area contributed by atoms with Gasteiger partial charge in [-0.15, -0.1) is 0 Å². The van der Waals surface area contributed by atoms with Crippen molar-refractivity contribution >= 4 is 16.2 Å². The second-order valence-electron chi connectivity index (χ2n) is 4.51. The molecule has 0 bridgehead atoms. The Bertz CT molecular complexity index is 730. The zero-order valence-electron chi connectivity index (χ0n) is 11.5. The minimum absolute atomic E-state index is 0.183. The highest BCUT2D eigenvalue weighted by Crippen LogP contribution is 2.09. The summed E-state index contributed by atoms with van der Waals surface area (Å²) in [5.41, 5.74) is 2.54. The van der Waals surface area contributed by atoms with E-state index >= 15 is 0 Å². The third-order valence-corrected chi connectivity index (χ3v) is 4.00. The molecule has 1 aromatic carbocycles. The number of rotatable bonds is 4. The molecule has 0 fully saturated rings. The molecule has 0 amide bonds. The Labute approximate surface area is 118 Å². The summed E-state index contributed by atoms with van der Waals surface area (Å²) < 4.78 is 25.6. The minimum Gasteiger partial charge on any atom is -0.275 e. The van der Waals surface area contributed by atoms with E-state index in [0.717, 1.165) is 16.8 Å². The second-order valence-corrected chi connectivity index (χ2v) is 6.17. The van der Waals surface area contributed by atoms with Crippen LogP contribution in [0.4, 0.5) is 0 Å². The predicted octanol–water partition coefficient (Wildman–Crippen LogP) is 1.35. The Morgan fingerprint density at radius 3 is 2.45 bits per heavy atom. The van der Waals surface area contributed by atoms with Crippen molar-refractivity contribution < 1.29 is 8.42 Å². The first-order valence-electron chi connectivity index (χ1n) is 6.00. The van der Waals surface area contributed by atoms with Crippen LogP contribution < -0.4 is 4.83 Å². The summed E-state index contributed by atoms with van der Waals surface area (Å²) in [5, 5.41) is 7.91. The molecule has 1 heterocycles. The summed E-state index contributed by atoms with van der Waals surface area (Å²) in [6.45, 7) is 3.73. The van der Waals surface area contributed by atoms with Crippen molar-refractivity contribution in [1.29, 1.82) is 0 Å². The number of aryl methyl sites for hydroxylation is 3. The largest absolute Gasteiger partial charge is 0.276 e. The molecule has 0 aliphatic heterocycles. The predicted molar refractivity (Wildman–Crippen MR) is 77.0 cm³/mol. The maximum absolute atomic E-state index is 12.0. The van der Waals surface area contributed by atoms with Crippen LogP contribution in [0.3, 0.4) is 0 Å². The van der Waals surface area contributed by atoms with Crippen molar-refractivity contribution in [3.8, 4) is 0 Å². The summed E-state index contributed by atoms with van der Waals surface area (Å²) in [7, 11) is -1.84. The van der Waals surface area contributed by atoms with Gasteiger partial charge in [0.05, 0.1) is 16.8 Å². The molecule has 1 aromatic heterocycles. The van der Waals surface area contributed by atoms with Gasteiger partial charge in [0.2, 0.25) is 0 Å². The van der Waals surface area contributed by atoms with Gasteiger partial charge in [-0.3, -0.25) is 4.68 Å². The summed E-state index contributed by atoms with van der Waals surface area (Å²) in [6, 6.07) is 6.57. The van der Waals surface area contributed by atoms with Gasteiger partial charge in [-0.05, 0) is 26.0 Å². The lowest BCUT2D eigenvalue weighted by molar-refractivity contribution is 0.584. The molecule has 0 spiro atoms. The van der Waals surface area contributed by atoms with Crippen LogP contribution in [-0.4, -0.2) is 24.4 Å². The van der Waals surface area contributed by atoms with Gasteiger partial charge < -0.3 is 0 Å². The van der Waals surface area contributed by atoms with E-state index in [1.165, 1.54) is 6.21 Å². The molecule has 0 aliphatic carbocycles. The third-order valence-electron chi connectivity index (χ3n) is 2.76. The van der Waals surface area contributed by atoms with E-state index in [2.05, 4.69) is 15.0 Å². The van der Waals surface area contributed by atoms with Crippen LogP contribution in [0.1, 0.15) is 16.8 Å². The average molecular weight is 292 g/mol. The first-order chi connectivity index (χ1) is 9.38. The number of aromatic nitrogens is 2. The lowest BCUT2D eigenvalue weighted by Gasteiger charge is -2.03. The highest BCUT2D eigenvalue weighted by Gasteiger charge is 2.11. The fourth-order valence-electron chi connectivity index (χ4n) is 1.68. The summed E-state index contributed by atoms with van der Waals surface area (Å²) in [6.07, 6.45) is 3.20. The third kappa shape index (κ3) is 3.24. The highest BCUT2D eigenvalue weighted by molar-refractivity contribution is 7.89. The van der Waals surface area contributed by atoms with Crippen LogP contribution in [0.2, 0.25) is 0 Å². The SMILES string of the molecule is Cc1ccc(S(=O)(=O)NN=Cc2cn(C)nc2C)cc1. The van der Waals surface area contributed by atoms with Gasteiger partial charge in [-0.25, -0.2) is 4.83 Å². The molecule has 6 nitrogen and oxygen atoms in total. The van der Waals surface area contributed by atoms with Crippen molar-refractivity contribution in [3.05, 3.63) is 47.3 Å².